The summed E-state index contributed by atoms with van der Waals surface area (Å²) >= 11 is 1.51. The fourth-order valence-corrected chi connectivity index (χ4v) is 2.00. The van der Waals surface area contributed by atoms with Crippen LogP contribution in [-0.4, -0.2) is 35.6 Å². The lowest BCUT2D eigenvalue weighted by atomic mass is 10.4. The number of aliphatic hydroxyl groups excluding tert-OH is 1. The van der Waals surface area contributed by atoms with Crippen LogP contribution >= 0.6 is 11.3 Å². The van der Waals surface area contributed by atoms with Gasteiger partial charge < -0.3 is 15.7 Å². The zero-order valence-corrected chi connectivity index (χ0v) is 8.71. The van der Waals surface area contributed by atoms with Crippen LogP contribution in [0.4, 0.5) is 0 Å². The van der Waals surface area contributed by atoms with E-state index in [4.69, 9.17) is 5.73 Å². The number of aromatic nitrogens is 1. The van der Waals surface area contributed by atoms with E-state index < -0.39 is 6.10 Å². The molecule has 0 saturated heterocycles. The highest BCUT2D eigenvalue weighted by Gasteiger charge is 2.10. The first-order chi connectivity index (χ1) is 6.13. The van der Waals surface area contributed by atoms with Gasteiger partial charge in [0.25, 0.3) is 0 Å². The molecule has 1 aromatic heterocycles. The Labute approximate surface area is 82.0 Å². The number of rotatable bonds is 4. The van der Waals surface area contributed by atoms with Crippen molar-refractivity contribution in [3.8, 4) is 0 Å². The molecule has 0 saturated carbocycles. The Morgan fingerprint density at radius 3 is 2.92 bits per heavy atom. The average molecular weight is 201 g/mol. The van der Waals surface area contributed by atoms with Gasteiger partial charge in [-0.25, -0.2) is 4.98 Å². The van der Waals surface area contributed by atoms with Gasteiger partial charge in [-0.15, -0.1) is 11.3 Å². The van der Waals surface area contributed by atoms with Gasteiger partial charge in [0.15, 0.2) is 0 Å². The third kappa shape index (κ3) is 3.04. The smallest absolute Gasteiger partial charge is 0.123 e. The molecule has 0 unspecified atom stereocenters. The quantitative estimate of drug-likeness (QED) is 0.730. The van der Waals surface area contributed by atoms with Crippen molar-refractivity contribution in [1.82, 2.24) is 9.88 Å². The summed E-state index contributed by atoms with van der Waals surface area (Å²) in [7, 11) is 4.00. The molecule has 1 aromatic rings. The molecule has 0 aliphatic carbocycles. The molecular weight excluding hydrogens is 186 g/mol. The number of aliphatic hydroxyl groups is 1. The Kier molecular flexibility index (Phi) is 3.80. The third-order valence-electron chi connectivity index (χ3n) is 1.55. The minimum absolute atomic E-state index is 0.231. The van der Waals surface area contributed by atoms with E-state index in [1.807, 2.05) is 14.1 Å². The molecule has 0 fully saturated rings. The van der Waals surface area contributed by atoms with Crippen LogP contribution in [0.3, 0.4) is 0 Å². The highest BCUT2D eigenvalue weighted by molar-refractivity contribution is 7.11. The lowest BCUT2D eigenvalue weighted by molar-refractivity contribution is 0.186. The van der Waals surface area contributed by atoms with Gasteiger partial charge in [-0.2, -0.15) is 0 Å². The topological polar surface area (TPSA) is 62.4 Å². The van der Waals surface area contributed by atoms with Gasteiger partial charge in [0, 0.05) is 24.2 Å². The first-order valence-electron chi connectivity index (χ1n) is 4.11. The van der Waals surface area contributed by atoms with Gasteiger partial charge in [0.2, 0.25) is 0 Å². The van der Waals surface area contributed by atoms with Crippen molar-refractivity contribution in [2.24, 2.45) is 5.73 Å². The molecule has 0 aromatic carbocycles. The largest absolute Gasteiger partial charge is 0.385 e. The summed E-state index contributed by atoms with van der Waals surface area (Å²) in [5, 5.41) is 10.1. The van der Waals surface area contributed by atoms with Crippen molar-refractivity contribution in [2.75, 3.05) is 20.6 Å². The molecule has 13 heavy (non-hydrogen) atoms. The SMILES string of the molecule is CN(C)Cc1cnc([C@H](O)CN)s1. The van der Waals surface area contributed by atoms with E-state index in [9.17, 15) is 5.11 Å². The summed E-state index contributed by atoms with van der Waals surface area (Å²) in [6, 6.07) is 0. The summed E-state index contributed by atoms with van der Waals surface area (Å²) in [4.78, 5) is 7.31. The van der Waals surface area contributed by atoms with E-state index in [0.29, 0.717) is 5.01 Å². The van der Waals surface area contributed by atoms with Gasteiger partial charge in [-0.1, -0.05) is 0 Å². The second-order valence-corrected chi connectivity index (χ2v) is 4.30. The standard InChI is InChI=1S/C8H15N3OS/c1-11(2)5-6-4-10-8(13-6)7(12)3-9/h4,7,12H,3,5,9H2,1-2H3/t7-/m1/s1. The lowest BCUT2D eigenvalue weighted by Crippen LogP contribution is -2.11. The molecule has 3 N–H and O–H groups in total. The molecule has 0 bridgehead atoms. The van der Waals surface area contributed by atoms with Gasteiger partial charge in [-0.3, -0.25) is 0 Å². The fourth-order valence-electron chi connectivity index (χ4n) is 0.962. The van der Waals surface area contributed by atoms with E-state index in [2.05, 4.69) is 9.88 Å². The van der Waals surface area contributed by atoms with Crippen LogP contribution in [0.5, 0.6) is 0 Å². The highest BCUT2D eigenvalue weighted by atomic mass is 32.1. The highest BCUT2D eigenvalue weighted by Crippen LogP contribution is 2.19. The maximum absolute atomic E-state index is 9.39. The molecule has 0 spiro atoms. The predicted octanol–water partition coefficient (Wildman–Crippen LogP) is 0.197. The number of hydrogen-bond acceptors (Lipinski definition) is 5. The molecule has 74 valence electrons. The third-order valence-corrected chi connectivity index (χ3v) is 2.64. The Hall–Kier alpha value is -0.490. The molecule has 1 rings (SSSR count). The minimum Gasteiger partial charge on any atom is -0.385 e. The average Bonchev–Trinajstić information content (AvgIpc) is 2.50. The molecule has 1 heterocycles. The molecule has 0 radical (unpaired) electrons. The maximum atomic E-state index is 9.39. The zero-order valence-electron chi connectivity index (χ0n) is 7.90. The van der Waals surface area contributed by atoms with Crippen LogP contribution in [0.25, 0.3) is 0 Å². The van der Waals surface area contributed by atoms with Crippen molar-refractivity contribution >= 4 is 11.3 Å². The minimum atomic E-state index is -0.610. The van der Waals surface area contributed by atoms with Gasteiger partial charge in [-0.05, 0) is 14.1 Å². The van der Waals surface area contributed by atoms with Crippen LogP contribution < -0.4 is 5.73 Å². The molecule has 1 atom stereocenters. The molecule has 0 amide bonds. The van der Waals surface area contributed by atoms with E-state index in [1.54, 1.807) is 6.20 Å². The maximum Gasteiger partial charge on any atom is 0.123 e. The lowest BCUT2D eigenvalue weighted by Gasteiger charge is -2.05. The van der Waals surface area contributed by atoms with E-state index in [0.717, 1.165) is 11.4 Å². The zero-order chi connectivity index (χ0) is 9.84. The van der Waals surface area contributed by atoms with Crippen LogP contribution in [0, 0.1) is 0 Å². The second kappa shape index (κ2) is 4.66. The summed E-state index contributed by atoms with van der Waals surface area (Å²) in [5.74, 6) is 0. The van der Waals surface area contributed by atoms with Gasteiger partial charge in [0.1, 0.15) is 11.1 Å². The Balaban J connectivity index is 2.63. The summed E-state index contributed by atoms with van der Waals surface area (Å²) < 4.78 is 0. The van der Waals surface area contributed by atoms with Crippen molar-refractivity contribution in [3.63, 3.8) is 0 Å². The first-order valence-corrected chi connectivity index (χ1v) is 4.92. The second-order valence-electron chi connectivity index (χ2n) is 3.15. The number of thiazole rings is 1. The van der Waals surface area contributed by atoms with Crippen LogP contribution in [0.2, 0.25) is 0 Å². The molecule has 0 aliphatic heterocycles. The Morgan fingerprint density at radius 1 is 1.69 bits per heavy atom. The summed E-state index contributed by atoms with van der Waals surface area (Å²) in [6.07, 6.45) is 1.18. The normalized spacial score (nSPS) is 13.6. The van der Waals surface area contributed by atoms with Crippen molar-refractivity contribution < 1.29 is 5.11 Å². The van der Waals surface area contributed by atoms with Crippen molar-refractivity contribution in [2.45, 2.75) is 12.6 Å². The van der Waals surface area contributed by atoms with E-state index in [1.165, 1.54) is 11.3 Å². The molecule has 5 heteroatoms. The molecule has 0 aliphatic rings. The summed E-state index contributed by atoms with van der Waals surface area (Å²) in [5.41, 5.74) is 5.32. The van der Waals surface area contributed by atoms with Crippen LogP contribution in [-0.2, 0) is 6.54 Å². The molecular formula is C8H15N3OS. The van der Waals surface area contributed by atoms with Gasteiger partial charge >= 0.3 is 0 Å². The van der Waals surface area contributed by atoms with Crippen LogP contribution in [0.15, 0.2) is 6.20 Å². The monoisotopic (exact) mass is 201 g/mol. The fraction of sp³-hybridized carbons (Fsp3) is 0.625. The van der Waals surface area contributed by atoms with Crippen molar-refractivity contribution in [1.29, 1.82) is 0 Å². The van der Waals surface area contributed by atoms with Gasteiger partial charge in [0.05, 0.1) is 0 Å². The van der Waals surface area contributed by atoms with E-state index >= 15 is 0 Å². The predicted molar refractivity (Wildman–Crippen MR) is 53.5 cm³/mol. The number of hydrogen-bond donors (Lipinski definition) is 2. The number of nitrogens with two attached hydrogens (primary N) is 1. The van der Waals surface area contributed by atoms with E-state index in [-0.39, 0.29) is 6.54 Å². The number of nitrogens with zero attached hydrogens (tertiary/aromatic N) is 2. The van der Waals surface area contributed by atoms with Crippen LogP contribution in [0.1, 0.15) is 16.0 Å². The Morgan fingerprint density at radius 2 is 2.38 bits per heavy atom. The Bertz CT molecular complexity index is 262. The van der Waals surface area contributed by atoms with Crippen molar-refractivity contribution in [3.05, 3.63) is 16.1 Å². The molecule has 4 nitrogen and oxygen atoms in total. The first kappa shape index (κ1) is 10.6. The summed E-state index contributed by atoms with van der Waals surface area (Å²) in [6.45, 7) is 1.09.